The predicted molar refractivity (Wildman–Crippen MR) is 106 cm³/mol. The van der Waals surface area contributed by atoms with Crippen molar-refractivity contribution in [2.75, 3.05) is 31.7 Å². The molecular formula is C19H23F3N4O4S. The van der Waals surface area contributed by atoms with E-state index in [-0.39, 0.29) is 0 Å². The molecule has 170 valence electrons. The summed E-state index contributed by atoms with van der Waals surface area (Å²) in [6, 6.07) is 1.91. The number of hydrogen-bond acceptors (Lipinski definition) is 8. The van der Waals surface area contributed by atoms with Gasteiger partial charge in [-0.3, -0.25) is 0 Å². The Labute approximate surface area is 181 Å². The zero-order chi connectivity index (χ0) is 22.6. The van der Waals surface area contributed by atoms with Gasteiger partial charge in [0, 0.05) is 42.6 Å². The smallest absolute Gasteiger partial charge is 0.481 e. The highest BCUT2D eigenvalue weighted by Crippen LogP contribution is 2.37. The van der Waals surface area contributed by atoms with Crippen molar-refractivity contribution >= 4 is 23.1 Å². The molecule has 0 bridgehead atoms. The van der Waals surface area contributed by atoms with Gasteiger partial charge in [0.05, 0.1) is 24.8 Å². The lowest BCUT2D eigenvalue weighted by atomic mass is 9.83. The van der Waals surface area contributed by atoms with Gasteiger partial charge in [-0.25, -0.2) is 19.7 Å². The number of carbonyl (C=O) groups is 1. The van der Waals surface area contributed by atoms with E-state index in [0.717, 1.165) is 44.0 Å². The molecule has 8 nitrogen and oxygen atoms in total. The monoisotopic (exact) mass is 460 g/mol. The van der Waals surface area contributed by atoms with Gasteiger partial charge >= 0.3 is 12.1 Å². The number of aromatic nitrogens is 3. The van der Waals surface area contributed by atoms with Crippen LogP contribution in [-0.4, -0.2) is 65.1 Å². The predicted octanol–water partition coefficient (Wildman–Crippen LogP) is 2.97. The minimum Gasteiger partial charge on any atom is -0.481 e. The van der Waals surface area contributed by atoms with Gasteiger partial charge in [-0.05, 0) is 19.3 Å². The lowest BCUT2D eigenvalue weighted by Gasteiger charge is -2.36. The number of ether oxygens (including phenoxy) is 2. The maximum Gasteiger partial charge on any atom is 0.490 e. The van der Waals surface area contributed by atoms with E-state index in [0.29, 0.717) is 23.8 Å². The molecule has 3 atom stereocenters. The topological polar surface area (TPSA) is 97.7 Å². The Hall–Kier alpha value is -2.47. The average Bonchev–Trinajstić information content (AvgIpc) is 3.33. The van der Waals surface area contributed by atoms with E-state index in [2.05, 4.69) is 25.2 Å². The van der Waals surface area contributed by atoms with Gasteiger partial charge in [-0.15, -0.1) is 11.3 Å². The third-order valence-corrected chi connectivity index (χ3v) is 6.23. The molecule has 0 aliphatic carbocycles. The number of carboxylic acid groups (broad SMARTS) is 1. The number of methoxy groups -OCH3 is 1. The van der Waals surface area contributed by atoms with Crippen LogP contribution in [0.2, 0.25) is 0 Å². The van der Waals surface area contributed by atoms with E-state index in [4.69, 9.17) is 19.4 Å². The first-order chi connectivity index (χ1) is 14.7. The van der Waals surface area contributed by atoms with Crippen LogP contribution < -0.4 is 9.64 Å². The summed E-state index contributed by atoms with van der Waals surface area (Å²) >= 11 is 1.74. The fourth-order valence-electron chi connectivity index (χ4n) is 3.79. The summed E-state index contributed by atoms with van der Waals surface area (Å²) in [5.74, 6) is -0.0198. The molecule has 12 heteroatoms. The van der Waals surface area contributed by atoms with Gasteiger partial charge in [-0.2, -0.15) is 13.2 Å². The largest absolute Gasteiger partial charge is 0.490 e. The van der Waals surface area contributed by atoms with Crippen LogP contribution in [0.25, 0.3) is 0 Å². The zero-order valence-corrected chi connectivity index (χ0v) is 17.8. The number of fused-ring (bicyclic) bond motifs is 1. The molecule has 4 heterocycles. The summed E-state index contributed by atoms with van der Waals surface area (Å²) in [5, 5.41) is 10.4. The van der Waals surface area contributed by atoms with Crippen LogP contribution in [0.15, 0.2) is 17.8 Å². The highest BCUT2D eigenvalue weighted by molar-refractivity contribution is 7.09. The molecule has 2 saturated heterocycles. The zero-order valence-electron chi connectivity index (χ0n) is 17.0. The van der Waals surface area contributed by atoms with Gasteiger partial charge < -0.3 is 19.5 Å². The summed E-state index contributed by atoms with van der Waals surface area (Å²) in [7, 11) is 1.63. The normalized spacial score (nSPS) is 23.0. The Balaban J connectivity index is 0.000000339. The molecule has 31 heavy (non-hydrogen) atoms. The first-order valence-electron chi connectivity index (χ1n) is 9.61. The van der Waals surface area contributed by atoms with Gasteiger partial charge in [0.25, 0.3) is 0 Å². The molecule has 0 unspecified atom stereocenters. The Morgan fingerprint density at radius 1 is 1.42 bits per heavy atom. The van der Waals surface area contributed by atoms with Crippen LogP contribution in [0, 0.1) is 18.8 Å². The van der Waals surface area contributed by atoms with Crippen molar-refractivity contribution in [3.05, 3.63) is 28.5 Å². The number of hydrogen-bond donors (Lipinski definition) is 1. The molecule has 2 aliphatic heterocycles. The standard InChI is InChI=1S/C17H22N4O2S.C2HF3O2/c1-11-9-24-17(20-11)5-14-13-3-4-21(7-12(13)8-23-14)15-6-16(22-2)19-10-18-15;3-2(4,5)1(6)7/h6,9-10,12-14H,3-5,7-8H2,1-2H3;(H,6,7)/t12-,13-,14+;/m1./s1. The number of alkyl halides is 3. The Kier molecular flexibility index (Phi) is 7.31. The minimum absolute atomic E-state index is 0.308. The summed E-state index contributed by atoms with van der Waals surface area (Å²) in [5.41, 5.74) is 1.11. The van der Waals surface area contributed by atoms with Gasteiger partial charge in [-0.1, -0.05) is 0 Å². The SMILES string of the molecule is COc1cc(N2CC[C@@H]3[C@@H](CO[C@H]3Cc3nc(C)cs3)C2)ncn1.O=C(O)C(F)(F)F. The van der Waals surface area contributed by atoms with Gasteiger partial charge in [0.15, 0.2) is 0 Å². The second kappa shape index (κ2) is 9.77. The number of aryl methyl sites for hydroxylation is 1. The molecule has 1 N–H and O–H groups in total. The lowest BCUT2D eigenvalue weighted by molar-refractivity contribution is -0.192. The highest BCUT2D eigenvalue weighted by Gasteiger charge is 2.41. The Bertz CT molecular complexity index is 895. The van der Waals surface area contributed by atoms with E-state index in [1.807, 2.05) is 13.0 Å². The van der Waals surface area contributed by atoms with Crippen LogP contribution in [0.1, 0.15) is 17.1 Å². The van der Waals surface area contributed by atoms with Crippen molar-refractivity contribution < 1.29 is 32.5 Å². The molecular weight excluding hydrogens is 437 g/mol. The molecule has 0 saturated carbocycles. The number of nitrogens with zero attached hydrogens (tertiary/aromatic N) is 4. The summed E-state index contributed by atoms with van der Waals surface area (Å²) in [6.07, 6.45) is -1.13. The van der Waals surface area contributed by atoms with E-state index in [1.54, 1.807) is 24.8 Å². The quantitative estimate of drug-likeness (QED) is 0.744. The highest BCUT2D eigenvalue weighted by atomic mass is 32.1. The number of aliphatic carboxylic acids is 1. The summed E-state index contributed by atoms with van der Waals surface area (Å²) in [4.78, 5) is 24.3. The van der Waals surface area contributed by atoms with E-state index in [1.165, 1.54) is 5.01 Å². The number of rotatable bonds is 4. The van der Waals surface area contributed by atoms with Crippen LogP contribution in [0.3, 0.4) is 0 Å². The molecule has 2 aromatic heterocycles. The molecule has 2 fully saturated rings. The van der Waals surface area contributed by atoms with Crippen LogP contribution in [0.5, 0.6) is 5.88 Å². The van der Waals surface area contributed by atoms with E-state index < -0.39 is 12.1 Å². The number of carboxylic acids is 1. The van der Waals surface area contributed by atoms with Crippen molar-refractivity contribution in [1.29, 1.82) is 0 Å². The van der Waals surface area contributed by atoms with Gasteiger partial charge in [0.2, 0.25) is 5.88 Å². The van der Waals surface area contributed by atoms with Crippen molar-refractivity contribution in [3.8, 4) is 5.88 Å². The third-order valence-electron chi connectivity index (χ3n) is 5.24. The van der Waals surface area contributed by atoms with Gasteiger partial charge in [0.1, 0.15) is 12.1 Å². The third kappa shape index (κ3) is 6.03. The molecule has 4 rings (SSSR count). The van der Waals surface area contributed by atoms with Crippen LogP contribution >= 0.6 is 11.3 Å². The molecule has 2 aromatic rings. The number of thiazole rings is 1. The van der Waals surface area contributed by atoms with Crippen molar-refractivity contribution in [1.82, 2.24) is 15.0 Å². The van der Waals surface area contributed by atoms with Crippen LogP contribution in [0.4, 0.5) is 19.0 Å². The number of anilines is 1. The number of halogens is 3. The molecule has 2 aliphatic rings. The Morgan fingerprint density at radius 2 is 2.16 bits per heavy atom. The second-order valence-electron chi connectivity index (χ2n) is 7.34. The van der Waals surface area contributed by atoms with Crippen molar-refractivity contribution in [2.45, 2.75) is 32.0 Å². The molecule has 0 amide bonds. The number of piperidine rings is 1. The maximum atomic E-state index is 10.6. The average molecular weight is 460 g/mol. The van der Waals surface area contributed by atoms with E-state index >= 15 is 0 Å². The van der Waals surface area contributed by atoms with E-state index in [9.17, 15) is 13.2 Å². The first-order valence-corrected chi connectivity index (χ1v) is 10.5. The maximum absolute atomic E-state index is 10.6. The molecule has 0 spiro atoms. The Morgan fingerprint density at radius 3 is 2.77 bits per heavy atom. The van der Waals surface area contributed by atoms with Crippen molar-refractivity contribution in [3.63, 3.8) is 0 Å². The fraction of sp³-hybridized carbons (Fsp3) is 0.579. The molecule has 0 radical (unpaired) electrons. The summed E-state index contributed by atoms with van der Waals surface area (Å²) < 4.78 is 43.1. The lowest BCUT2D eigenvalue weighted by Crippen LogP contribution is -2.42. The minimum atomic E-state index is -5.08. The summed E-state index contributed by atoms with van der Waals surface area (Å²) in [6.45, 7) is 4.86. The fourth-order valence-corrected chi connectivity index (χ4v) is 4.60. The second-order valence-corrected chi connectivity index (χ2v) is 8.28. The first kappa shape index (κ1) is 23.2. The van der Waals surface area contributed by atoms with Crippen LogP contribution in [-0.2, 0) is 16.0 Å². The van der Waals surface area contributed by atoms with Crippen molar-refractivity contribution in [2.24, 2.45) is 11.8 Å². The molecule has 0 aromatic carbocycles.